The summed E-state index contributed by atoms with van der Waals surface area (Å²) in [6, 6.07) is 15.6. The van der Waals surface area contributed by atoms with E-state index in [2.05, 4.69) is 0 Å². The van der Waals surface area contributed by atoms with Crippen molar-refractivity contribution in [2.24, 2.45) is 0 Å². The second-order valence-corrected chi connectivity index (χ2v) is 5.56. The maximum absolute atomic E-state index is 12.4. The first-order chi connectivity index (χ1) is 10.2. The van der Waals surface area contributed by atoms with Crippen LogP contribution in [-0.2, 0) is 0 Å². The fourth-order valence-corrected chi connectivity index (χ4v) is 2.80. The number of hydrogen-bond donors (Lipinski definition) is 1. The number of piperidine rings is 1. The Balaban J connectivity index is 1.79. The molecule has 3 rings (SSSR count). The summed E-state index contributed by atoms with van der Waals surface area (Å²) in [5, 5.41) is 0. The number of rotatable bonds is 2. The molecule has 3 heteroatoms. The van der Waals surface area contributed by atoms with Gasteiger partial charge in [0.2, 0.25) is 0 Å². The highest BCUT2D eigenvalue weighted by Crippen LogP contribution is 2.22. The van der Waals surface area contributed by atoms with E-state index in [4.69, 9.17) is 5.73 Å². The van der Waals surface area contributed by atoms with Gasteiger partial charge in [-0.15, -0.1) is 0 Å². The van der Waals surface area contributed by atoms with E-state index in [1.54, 1.807) is 0 Å². The van der Waals surface area contributed by atoms with Crippen molar-refractivity contribution in [2.75, 3.05) is 18.8 Å². The quantitative estimate of drug-likeness (QED) is 0.855. The minimum absolute atomic E-state index is 0.147. The van der Waals surface area contributed by atoms with Gasteiger partial charge in [-0.05, 0) is 54.7 Å². The number of carbonyl (C=O) groups excluding carboxylic acids is 1. The van der Waals surface area contributed by atoms with Crippen LogP contribution in [0.2, 0.25) is 0 Å². The minimum Gasteiger partial charge on any atom is -0.399 e. The first-order valence-electron chi connectivity index (χ1n) is 7.49. The van der Waals surface area contributed by atoms with E-state index >= 15 is 0 Å². The van der Waals surface area contributed by atoms with E-state index in [-0.39, 0.29) is 5.91 Å². The highest BCUT2D eigenvalue weighted by Gasteiger charge is 2.17. The number of nitrogens with zero attached hydrogens (tertiary/aromatic N) is 1. The fraction of sp³-hybridized carbons (Fsp3) is 0.278. The summed E-state index contributed by atoms with van der Waals surface area (Å²) in [5.74, 6) is 0.147. The Hall–Kier alpha value is -2.29. The van der Waals surface area contributed by atoms with Gasteiger partial charge in [-0.3, -0.25) is 4.79 Å². The van der Waals surface area contributed by atoms with Crippen LogP contribution in [-0.4, -0.2) is 23.9 Å². The van der Waals surface area contributed by atoms with Gasteiger partial charge in [0, 0.05) is 24.3 Å². The SMILES string of the molecule is Nc1cccc(-c2ccc(C(=O)N3CCCCC3)cc2)c1. The predicted octanol–water partition coefficient (Wildman–Crippen LogP) is 3.56. The van der Waals surface area contributed by atoms with E-state index in [0.717, 1.165) is 48.3 Å². The standard InChI is InChI=1S/C18H20N2O/c19-17-6-4-5-16(13-17)14-7-9-15(10-8-14)18(21)20-11-2-1-3-12-20/h4-10,13H,1-3,11-12,19H2. The van der Waals surface area contributed by atoms with Crippen LogP contribution in [0.1, 0.15) is 29.6 Å². The van der Waals surface area contributed by atoms with Gasteiger partial charge in [0.15, 0.2) is 0 Å². The molecule has 2 N–H and O–H groups in total. The third kappa shape index (κ3) is 3.07. The van der Waals surface area contributed by atoms with Crippen molar-refractivity contribution in [2.45, 2.75) is 19.3 Å². The Morgan fingerprint density at radius 1 is 0.905 bits per heavy atom. The summed E-state index contributed by atoms with van der Waals surface area (Å²) in [7, 11) is 0. The summed E-state index contributed by atoms with van der Waals surface area (Å²) < 4.78 is 0. The van der Waals surface area contributed by atoms with Gasteiger partial charge >= 0.3 is 0 Å². The molecule has 0 aliphatic carbocycles. The van der Waals surface area contributed by atoms with Crippen LogP contribution >= 0.6 is 0 Å². The number of hydrogen-bond acceptors (Lipinski definition) is 2. The fourth-order valence-electron chi connectivity index (χ4n) is 2.80. The maximum atomic E-state index is 12.4. The molecule has 0 radical (unpaired) electrons. The van der Waals surface area contributed by atoms with E-state index in [1.807, 2.05) is 53.4 Å². The lowest BCUT2D eigenvalue weighted by Gasteiger charge is -2.26. The van der Waals surface area contributed by atoms with Gasteiger partial charge in [0.25, 0.3) is 5.91 Å². The van der Waals surface area contributed by atoms with Crippen molar-refractivity contribution >= 4 is 11.6 Å². The molecule has 1 saturated heterocycles. The lowest BCUT2D eigenvalue weighted by atomic mass is 10.0. The molecule has 1 aliphatic heterocycles. The van der Waals surface area contributed by atoms with Crippen LogP contribution in [0.15, 0.2) is 48.5 Å². The van der Waals surface area contributed by atoms with Gasteiger partial charge in [-0.2, -0.15) is 0 Å². The van der Waals surface area contributed by atoms with Gasteiger partial charge in [-0.1, -0.05) is 24.3 Å². The van der Waals surface area contributed by atoms with E-state index < -0.39 is 0 Å². The first kappa shape index (κ1) is 13.7. The van der Waals surface area contributed by atoms with Crippen LogP contribution in [0.25, 0.3) is 11.1 Å². The van der Waals surface area contributed by atoms with E-state index in [9.17, 15) is 4.79 Å². The molecular weight excluding hydrogens is 260 g/mol. The zero-order valence-electron chi connectivity index (χ0n) is 12.1. The number of nitrogens with two attached hydrogens (primary N) is 1. The smallest absolute Gasteiger partial charge is 0.253 e. The van der Waals surface area contributed by atoms with Crippen LogP contribution in [0, 0.1) is 0 Å². The zero-order chi connectivity index (χ0) is 14.7. The van der Waals surface area contributed by atoms with E-state index in [0.29, 0.717) is 0 Å². The van der Waals surface area contributed by atoms with E-state index in [1.165, 1.54) is 6.42 Å². The summed E-state index contributed by atoms with van der Waals surface area (Å²) in [4.78, 5) is 14.4. The summed E-state index contributed by atoms with van der Waals surface area (Å²) in [6.07, 6.45) is 3.47. The molecule has 0 atom stereocenters. The normalized spacial score (nSPS) is 15.0. The zero-order valence-corrected chi connectivity index (χ0v) is 12.1. The highest BCUT2D eigenvalue weighted by atomic mass is 16.2. The first-order valence-corrected chi connectivity index (χ1v) is 7.49. The molecule has 3 nitrogen and oxygen atoms in total. The molecule has 1 heterocycles. The molecule has 1 fully saturated rings. The Kier molecular flexibility index (Phi) is 3.91. The second-order valence-electron chi connectivity index (χ2n) is 5.56. The van der Waals surface area contributed by atoms with Crippen LogP contribution in [0.5, 0.6) is 0 Å². The molecule has 0 unspecified atom stereocenters. The molecule has 0 saturated carbocycles. The third-order valence-corrected chi connectivity index (χ3v) is 4.00. The Morgan fingerprint density at radius 2 is 1.62 bits per heavy atom. The Bertz CT molecular complexity index is 628. The molecule has 0 aromatic heterocycles. The van der Waals surface area contributed by atoms with Crippen LogP contribution in [0.4, 0.5) is 5.69 Å². The molecule has 0 bridgehead atoms. The summed E-state index contributed by atoms with van der Waals surface area (Å²) >= 11 is 0. The maximum Gasteiger partial charge on any atom is 0.253 e. The van der Waals surface area contributed by atoms with Gasteiger partial charge in [-0.25, -0.2) is 0 Å². The molecule has 1 aliphatic rings. The van der Waals surface area contributed by atoms with Gasteiger partial charge < -0.3 is 10.6 Å². The number of benzene rings is 2. The molecule has 2 aromatic carbocycles. The molecule has 0 spiro atoms. The minimum atomic E-state index is 0.147. The van der Waals surface area contributed by atoms with Crippen molar-refractivity contribution in [3.63, 3.8) is 0 Å². The average molecular weight is 280 g/mol. The lowest BCUT2D eigenvalue weighted by Crippen LogP contribution is -2.35. The van der Waals surface area contributed by atoms with Crippen molar-refractivity contribution in [1.29, 1.82) is 0 Å². The molecular formula is C18H20N2O. The second kappa shape index (κ2) is 6.00. The number of anilines is 1. The molecule has 2 aromatic rings. The van der Waals surface area contributed by atoms with Crippen molar-refractivity contribution < 1.29 is 4.79 Å². The van der Waals surface area contributed by atoms with Crippen LogP contribution < -0.4 is 5.73 Å². The van der Waals surface area contributed by atoms with Gasteiger partial charge in [0.05, 0.1) is 0 Å². The number of carbonyl (C=O) groups is 1. The van der Waals surface area contributed by atoms with Gasteiger partial charge in [0.1, 0.15) is 0 Å². The highest BCUT2D eigenvalue weighted by molar-refractivity contribution is 5.94. The number of nitrogen functional groups attached to an aromatic ring is 1. The summed E-state index contributed by atoms with van der Waals surface area (Å²) in [5.41, 5.74) is 9.49. The topological polar surface area (TPSA) is 46.3 Å². The molecule has 108 valence electrons. The lowest BCUT2D eigenvalue weighted by molar-refractivity contribution is 0.0724. The predicted molar refractivity (Wildman–Crippen MR) is 86.0 cm³/mol. The Morgan fingerprint density at radius 3 is 2.29 bits per heavy atom. The molecule has 21 heavy (non-hydrogen) atoms. The summed E-state index contributed by atoms with van der Waals surface area (Å²) in [6.45, 7) is 1.77. The van der Waals surface area contributed by atoms with Crippen molar-refractivity contribution in [3.8, 4) is 11.1 Å². The molecule has 1 amide bonds. The monoisotopic (exact) mass is 280 g/mol. The van der Waals surface area contributed by atoms with Crippen molar-refractivity contribution in [3.05, 3.63) is 54.1 Å². The van der Waals surface area contributed by atoms with Crippen LogP contribution in [0.3, 0.4) is 0 Å². The Labute approximate surface area is 125 Å². The largest absolute Gasteiger partial charge is 0.399 e. The third-order valence-electron chi connectivity index (χ3n) is 4.00. The number of amides is 1. The number of likely N-dealkylation sites (tertiary alicyclic amines) is 1. The van der Waals surface area contributed by atoms with Crippen molar-refractivity contribution in [1.82, 2.24) is 4.90 Å². The average Bonchev–Trinajstić information content (AvgIpc) is 2.55.